The van der Waals surface area contributed by atoms with E-state index >= 15 is 0 Å². The molecule has 3 aromatic rings. The Morgan fingerprint density at radius 2 is 1.77 bits per heavy atom. The molecule has 1 aromatic heterocycles. The molecule has 3 N–H and O–H groups in total. The Hall–Kier alpha value is -4.24. The van der Waals surface area contributed by atoms with E-state index in [1.807, 2.05) is 12.1 Å². The lowest BCUT2D eigenvalue weighted by molar-refractivity contribution is -0.114. The number of allylic oxidation sites excluding steroid dienone is 1. The highest BCUT2D eigenvalue weighted by molar-refractivity contribution is 6.23. The lowest BCUT2D eigenvalue weighted by Crippen LogP contribution is -2.38. The van der Waals surface area contributed by atoms with Gasteiger partial charge in [0, 0.05) is 55.5 Å². The van der Waals surface area contributed by atoms with Crippen molar-refractivity contribution in [3.05, 3.63) is 97.2 Å². The number of aromatic nitrogens is 2. The Labute approximate surface area is 200 Å². The predicted octanol–water partition coefficient (Wildman–Crippen LogP) is 2.70. The van der Waals surface area contributed by atoms with Crippen LogP contribution < -0.4 is 21.9 Å². The first-order valence-electron chi connectivity index (χ1n) is 11.3. The quantitative estimate of drug-likeness (QED) is 0.474. The molecule has 1 unspecified atom stereocenters. The fourth-order valence-electron chi connectivity index (χ4n) is 4.84. The van der Waals surface area contributed by atoms with Crippen LogP contribution >= 0.6 is 0 Å². The Balaban J connectivity index is 1.73. The Morgan fingerprint density at radius 3 is 2.46 bits per heavy atom. The van der Waals surface area contributed by atoms with Crippen LogP contribution in [0, 0.1) is 0 Å². The summed E-state index contributed by atoms with van der Waals surface area (Å²) in [5, 5.41) is 5.99. The standard InChI is InChI=1S/C26H24N4O5/c1-14(31)27-16-10-8-15(9-11-16)19-20-22(17-6-3-4-7-18(17)23(20)32)28-24-21(19)25(33)29-26(34)30(24)12-5-13-35-2/h3-4,6-11,19,28H,5,12-13H2,1-2H3,(H,27,31)(H,29,33,34). The van der Waals surface area contributed by atoms with Gasteiger partial charge in [-0.05, 0) is 24.1 Å². The molecule has 9 nitrogen and oxygen atoms in total. The van der Waals surface area contributed by atoms with Crippen molar-refractivity contribution in [2.24, 2.45) is 0 Å². The summed E-state index contributed by atoms with van der Waals surface area (Å²) in [6.45, 7) is 2.19. The van der Waals surface area contributed by atoms with E-state index in [0.29, 0.717) is 59.0 Å². The van der Waals surface area contributed by atoms with E-state index in [9.17, 15) is 19.2 Å². The first-order valence-corrected chi connectivity index (χ1v) is 11.3. The van der Waals surface area contributed by atoms with Gasteiger partial charge in [-0.15, -0.1) is 0 Å². The predicted molar refractivity (Wildman–Crippen MR) is 132 cm³/mol. The third kappa shape index (κ3) is 3.79. The van der Waals surface area contributed by atoms with E-state index < -0.39 is 17.2 Å². The molecule has 9 heteroatoms. The highest BCUT2D eigenvalue weighted by Crippen LogP contribution is 2.47. The zero-order chi connectivity index (χ0) is 24.7. The number of Topliss-reactive ketones (excluding diaryl/α,β-unsaturated/α-hetero) is 1. The van der Waals surface area contributed by atoms with Gasteiger partial charge in [0.1, 0.15) is 5.82 Å². The van der Waals surface area contributed by atoms with Crippen molar-refractivity contribution in [1.29, 1.82) is 0 Å². The summed E-state index contributed by atoms with van der Waals surface area (Å²) in [5.74, 6) is -0.700. The molecule has 1 aliphatic carbocycles. The lowest BCUT2D eigenvalue weighted by Gasteiger charge is -2.29. The first kappa shape index (κ1) is 22.5. The van der Waals surface area contributed by atoms with Crippen LogP contribution in [0.1, 0.15) is 46.3 Å². The molecule has 1 aliphatic heterocycles. The molecule has 0 saturated heterocycles. The van der Waals surface area contributed by atoms with E-state index in [0.717, 1.165) is 5.56 Å². The number of benzene rings is 2. The first-order chi connectivity index (χ1) is 16.9. The number of amides is 1. The van der Waals surface area contributed by atoms with E-state index in [4.69, 9.17) is 4.74 Å². The maximum Gasteiger partial charge on any atom is 0.329 e. The minimum Gasteiger partial charge on any atom is -0.385 e. The number of nitrogens with zero attached hydrogens (tertiary/aromatic N) is 1. The van der Waals surface area contributed by atoms with Gasteiger partial charge in [-0.2, -0.15) is 0 Å². The zero-order valence-electron chi connectivity index (χ0n) is 19.3. The fraction of sp³-hybridized carbons (Fsp3) is 0.231. The molecule has 2 aliphatic rings. The third-order valence-corrected chi connectivity index (χ3v) is 6.31. The summed E-state index contributed by atoms with van der Waals surface area (Å²) in [5.41, 5.74) is 2.85. The molecule has 5 rings (SSSR count). The lowest BCUT2D eigenvalue weighted by atomic mass is 9.81. The number of carbonyl (C=O) groups excluding carboxylic acids is 2. The number of ketones is 1. The number of hydrogen-bond donors (Lipinski definition) is 3. The minimum atomic E-state index is -0.703. The topological polar surface area (TPSA) is 122 Å². The Morgan fingerprint density at radius 1 is 1.06 bits per heavy atom. The second-order valence-electron chi connectivity index (χ2n) is 8.54. The number of aromatic amines is 1. The molecule has 0 fully saturated rings. The second-order valence-corrected chi connectivity index (χ2v) is 8.54. The molecular weight excluding hydrogens is 448 g/mol. The van der Waals surface area contributed by atoms with Crippen LogP contribution in [0.2, 0.25) is 0 Å². The fourth-order valence-corrected chi connectivity index (χ4v) is 4.84. The monoisotopic (exact) mass is 472 g/mol. The molecule has 1 atom stereocenters. The van der Waals surface area contributed by atoms with Crippen molar-refractivity contribution in [1.82, 2.24) is 9.55 Å². The number of methoxy groups -OCH3 is 1. The highest BCUT2D eigenvalue weighted by Gasteiger charge is 2.42. The Kier molecular flexibility index (Phi) is 5.70. The van der Waals surface area contributed by atoms with Gasteiger partial charge in [0.15, 0.2) is 5.78 Å². The van der Waals surface area contributed by atoms with Gasteiger partial charge in [0.2, 0.25) is 5.91 Å². The van der Waals surface area contributed by atoms with Crippen molar-refractivity contribution in [2.45, 2.75) is 25.8 Å². The molecule has 0 bridgehead atoms. The van der Waals surface area contributed by atoms with Gasteiger partial charge in [0.05, 0.1) is 11.3 Å². The van der Waals surface area contributed by atoms with Crippen LogP contribution in [-0.4, -0.2) is 35.0 Å². The van der Waals surface area contributed by atoms with Crippen molar-refractivity contribution in [2.75, 3.05) is 24.4 Å². The molecular formula is C26H24N4O5. The van der Waals surface area contributed by atoms with Crippen molar-refractivity contribution < 1.29 is 14.3 Å². The molecule has 35 heavy (non-hydrogen) atoms. The van der Waals surface area contributed by atoms with E-state index in [1.165, 1.54) is 11.5 Å². The number of fused-ring (bicyclic) bond motifs is 3. The van der Waals surface area contributed by atoms with Gasteiger partial charge in [-0.1, -0.05) is 36.4 Å². The normalized spacial score (nSPS) is 15.8. The van der Waals surface area contributed by atoms with Gasteiger partial charge < -0.3 is 15.4 Å². The molecule has 178 valence electrons. The molecule has 2 aromatic carbocycles. The molecule has 1 amide bonds. The molecule has 2 heterocycles. The maximum atomic E-state index is 13.6. The van der Waals surface area contributed by atoms with Crippen LogP contribution in [-0.2, 0) is 16.1 Å². The van der Waals surface area contributed by atoms with Crippen molar-refractivity contribution in [3.63, 3.8) is 0 Å². The SMILES string of the molecule is COCCCn1c2c(c(=O)[nH]c1=O)C(c1ccc(NC(C)=O)cc1)C1=C(N2)c2ccccc2C1=O. The number of ether oxygens (including phenoxy) is 1. The summed E-state index contributed by atoms with van der Waals surface area (Å²) in [4.78, 5) is 53.4. The van der Waals surface area contributed by atoms with Gasteiger partial charge in [-0.3, -0.25) is 23.9 Å². The summed E-state index contributed by atoms with van der Waals surface area (Å²) in [6.07, 6.45) is 0.564. The van der Waals surface area contributed by atoms with Crippen LogP contribution in [0.25, 0.3) is 5.70 Å². The summed E-state index contributed by atoms with van der Waals surface area (Å²) in [6, 6.07) is 14.3. The smallest absolute Gasteiger partial charge is 0.329 e. The van der Waals surface area contributed by atoms with Crippen molar-refractivity contribution in [3.8, 4) is 0 Å². The van der Waals surface area contributed by atoms with Crippen LogP contribution in [0.15, 0.2) is 63.7 Å². The highest BCUT2D eigenvalue weighted by atomic mass is 16.5. The second kappa shape index (κ2) is 8.84. The molecule has 0 saturated carbocycles. The van der Waals surface area contributed by atoms with E-state index in [1.54, 1.807) is 43.5 Å². The number of carbonyl (C=O) groups is 2. The Bertz CT molecular complexity index is 1500. The van der Waals surface area contributed by atoms with Crippen LogP contribution in [0.4, 0.5) is 11.5 Å². The summed E-state index contributed by atoms with van der Waals surface area (Å²) >= 11 is 0. The number of H-pyrrole nitrogens is 1. The van der Waals surface area contributed by atoms with Gasteiger partial charge in [0.25, 0.3) is 5.56 Å². The average molecular weight is 473 g/mol. The van der Waals surface area contributed by atoms with E-state index in [-0.39, 0.29) is 11.7 Å². The largest absolute Gasteiger partial charge is 0.385 e. The minimum absolute atomic E-state index is 0.166. The maximum absolute atomic E-state index is 13.6. The summed E-state index contributed by atoms with van der Waals surface area (Å²) in [7, 11) is 1.59. The molecule has 0 radical (unpaired) electrons. The van der Waals surface area contributed by atoms with E-state index in [2.05, 4.69) is 15.6 Å². The average Bonchev–Trinajstić information content (AvgIpc) is 3.12. The van der Waals surface area contributed by atoms with Gasteiger partial charge in [-0.25, -0.2) is 4.79 Å². The van der Waals surface area contributed by atoms with Crippen LogP contribution in [0.5, 0.6) is 0 Å². The number of rotatable bonds is 6. The zero-order valence-corrected chi connectivity index (χ0v) is 19.3. The summed E-state index contributed by atoms with van der Waals surface area (Å²) < 4.78 is 6.63. The number of nitrogens with one attached hydrogen (secondary N) is 3. The number of hydrogen-bond acceptors (Lipinski definition) is 6. The molecule has 0 spiro atoms. The van der Waals surface area contributed by atoms with Gasteiger partial charge >= 0.3 is 5.69 Å². The third-order valence-electron chi connectivity index (χ3n) is 6.31. The number of anilines is 2. The van der Waals surface area contributed by atoms with Crippen LogP contribution in [0.3, 0.4) is 0 Å². The van der Waals surface area contributed by atoms with Crippen molar-refractivity contribution >= 4 is 28.9 Å².